The summed E-state index contributed by atoms with van der Waals surface area (Å²) in [6, 6.07) is 12.4. The smallest absolute Gasteiger partial charge is 1.00 e. The van der Waals surface area contributed by atoms with Crippen LogP contribution in [0.5, 0.6) is 0 Å². The van der Waals surface area contributed by atoms with E-state index in [-0.39, 0.29) is 35.6 Å². The van der Waals surface area contributed by atoms with Crippen LogP contribution >= 0.6 is 0 Å². The molecule has 4 rings (SSSR count). The number of halogens is 2. The monoisotopic (exact) mass is 588 g/mol. The predicted molar refractivity (Wildman–Crippen MR) is 140 cm³/mol. The maximum absolute atomic E-state index is 2.62. The minimum absolute atomic E-state index is 0. The van der Waals surface area contributed by atoms with E-state index in [1.807, 2.05) is 0 Å². The van der Waals surface area contributed by atoms with Gasteiger partial charge >= 0.3 is 210 Å². The molecule has 2 aliphatic carbocycles. The third-order valence-corrected chi connectivity index (χ3v) is 13.1. The Balaban J connectivity index is 0.00000204. The van der Waals surface area contributed by atoms with Gasteiger partial charge < -0.3 is 24.8 Å². The summed E-state index contributed by atoms with van der Waals surface area (Å²) in [5, 5.41) is 1.67. The molecule has 2 aliphatic rings. The van der Waals surface area contributed by atoms with E-state index in [0.717, 1.165) is 6.42 Å². The fourth-order valence-corrected chi connectivity index (χ4v) is 10.0. The number of hydrogen-bond acceptors (Lipinski definition) is 0. The summed E-state index contributed by atoms with van der Waals surface area (Å²) in [6.07, 6.45) is 6.32. The second kappa shape index (κ2) is 10.2. The first-order valence-electron chi connectivity index (χ1n) is 12.2. The zero-order chi connectivity index (χ0) is 23.6. The Bertz CT molecular complexity index is 1140. The molecule has 0 fully saturated rings. The molecule has 0 radical (unpaired) electrons. The van der Waals surface area contributed by atoms with Crippen molar-refractivity contribution in [3.05, 3.63) is 73.2 Å². The quantitative estimate of drug-likeness (QED) is 0.409. The van der Waals surface area contributed by atoms with Gasteiger partial charge in [-0.25, -0.2) is 0 Å². The van der Waals surface area contributed by atoms with Gasteiger partial charge in [-0.2, -0.15) is 0 Å². The maximum atomic E-state index is 2.62. The van der Waals surface area contributed by atoms with E-state index in [9.17, 15) is 0 Å². The first-order valence-corrected chi connectivity index (χ1v) is 18.1. The molecule has 0 saturated carbocycles. The molecule has 0 bridgehead atoms. The molecule has 0 spiro atoms. The fraction of sp³-hybridized carbons (Fsp3) is 0.467. The van der Waals surface area contributed by atoms with Crippen LogP contribution in [0.2, 0.25) is 19.6 Å². The molecule has 0 aliphatic heterocycles. The van der Waals surface area contributed by atoms with E-state index in [4.69, 9.17) is 0 Å². The molecule has 0 heterocycles. The van der Waals surface area contributed by atoms with E-state index in [1.54, 1.807) is 17.3 Å². The molecule has 0 aromatic heterocycles. The van der Waals surface area contributed by atoms with Gasteiger partial charge in [-0.05, 0) is 0 Å². The predicted octanol–water partition coefficient (Wildman–Crippen LogP) is 1.91. The standard InChI is InChI=1S/C21H25.C9H15Si.2ClH.Zr/c1-20(2,3)16-9-7-14-11-15-8-10-17(21(4,5)6)13-19(15)18(14)12-16;1-8-5-6-9(7-8)10(2,3)4;;;/h7,9-10,12-13H,11H2,1-6H3;6-8H,1-4H3;2*1H;/q;;;;+2/p-2. The molecule has 34 heavy (non-hydrogen) atoms. The Morgan fingerprint density at radius 1 is 0.824 bits per heavy atom. The van der Waals surface area contributed by atoms with E-state index < -0.39 is 31.3 Å². The van der Waals surface area contributed by atoms with Crippen LogP contribution in [0.25, 0.3) is 11.1 Å². The van der Waals surface area contributed by atoms with Gasteiger partial charge in [0.25, 0.3) is 0 Å². The Kier molecular flexibility index (Phi) is 8.91. The van der Waals surface area contributed by atoms with Crippen molar-refractivity contribution in [3.63, 3.8) is 0 Å². The molecule has 0 amide bonds. The normalized spacial score (nSPS) is 17.1. The average Bonchev–Trinajstić information content (AvgIpc) is 3.20. The fourth-order valence-electron chi connectivity index (χ4n) is 4.76. The zero-order valence-electron chi connectivity index (χ0n) is 22.6. The van der Waals surface area contributed by atoms with Crippen LogP contribution in [0.1, 0.15) is 70.7 Å². The number of allylic oxidation sites excluding steroid dienone is 4. The van der Waals surface area contributed by atoms with Crippen molar-refractivity contribution < 1.29 is 48.0 Å². The molecule has 1 atom stereocenters. The summed E-state index contributed by atoms with van der Waals surface area (Å²) in [6.45, 7) is 24.0. The van der Waals surface area contributed by atoms with Gasteiger partial charge in [-0.1, -0.05) is 0 Å². The van der Waals surface area contributed by atoms with Gasteiger partial charge in [-0.3, -0.25) is 0 Å². The van der Waals surface area contributed by atoms with Crippen LogP contribution < -0.4 is 28.1 Å². The number of hydrogen-bond donors (Lipinski definition) is 0. The van der Waals surface area contributed by atoms with Gasteiger partial charge in [0.1, 0.15) is 0 Å². The Morgan fingerprint density at radius 2 is 1.41 bits per heavy atom. The average molecular weight is 591 g/mol. The van der Waals surface area contributed by atoms with Crippen molar-refractivity contribution in [1.29, 1.82) is 0 Å². The molecule has 0 saturated heterocycles. The Hall–Kier alpha value is -0.400. The van der Waals surface area contributed by atoms with Crippen molar-refractivity contribution in [2.24, 2.45) is 5.92 Å². The molecular formula is C30H40Cl2SiZr. The largest absolute Gasteiger partial charge is 1.00 e. The molecule has 1 unspecified atom stereocenters. The molecule has 182 valence electrons. The third-order valence-electron chi connectivity index (χ3n) is 7.13. The van der Waals surface area contributed by atoms with Crippen LogP contribution in [0, 0.1) is 5.92 Å². The van der Waals surface area contributed by atoms with E-state index in [0.29, 0.717) is 5.92 Å². The van der Waals surface area contributed by atoms with Crippen LogP contribution in [0.3, 0.4) is 0 Å². The van der Waals surface area contributed by atoms with E-state index in [1.165, 1.54) is 27.8 Å². The maximum Gasteiger partial charge on any atom is -1.00 e. The van der Waals surface area contributed by atoms with Crippen LogP contribution in [-0.4, -0.2) is 8.07 Å². The minimum atomic E-state index is -1.25. The van der Waals surface area contributed by atoms with E-state index >= 15 is 0 Å². The first kappa shape index (κ1) is 29.8. The van der Waals surface area contributed by atoms with Gasteiger partial charge in [0.2, 0.25) is 0 Å². The summed E-state index contributed by atoms with van der Waals surface area (Å²) < 4.78 is 3.48. The van der Waals surface area contributed by atoms with Gasteiger partial charge in [0, 0.05) is 0 Å². The number of rotatable bonds is 3. The summed E-state index contributed by atoms with van der Waals surface area (Å²) >= 11 is -0.847. The van der Waals surface area contributed by atoms with Crippen molar-refractivity contribution in [1.82, 2.24) is 0 Å². The van der Waals surface area contributed by atoms with Crippen molar-refractivity contribution >= 4 is 11.3 Å². The molecule has 0 N–H and O–H groups in total. The Labute approximate surface area is 233 Å². The molecule has 0 nitrogen and oxygen atoms in total. The van der Waals surface area contributed by atoms with Gasteiger partial charge in [0.15, 0.2) is 0 Å². The summed E-state index contributed by atoms with van der Waals surface area (Å²) in [4.78, 5) is 0. The van der Waals surface area contributed by atoms with Crippen molar-refractivity contribution in [2.45, 2.75) is 85.4 Å². The van der Waals surface area contributed by atoms with Gasteiger partial charge in [-0.15, -0.1) is 0 Å². The first-order chi connectivity index (χ1) is 14.6. The zero-order valence-corrected chi connectivity index (χ0v) is 27.6. The second-order valence-electron chi connectivity index (χ2n) is 13.0. The summed E-state index contributed by atoms with van der Waals surface area (Å²) in [7, 11) is -1.25. The topological polar surface area (TPSA) is 0 Å². The van der Waals surface area contributed by atoms with E-state index in [2.05, 4.69) is 111 Å². The van der Waals surface area contributed by atoms with Crippen LogP contribution in [0.4, 0.5) is 0 Å². The minimum Gasteiger partial charge on any atom is -1.00 e. The summed E-state index contributed by atoms with van der Waals surface area (Å²) in [5.74, 6) is 0.633. The van der Waals surface area contributed by atoms with Crippen molar-refractivity contribution in [2.75, 3.05) is 0 Å². The number of benzene rings is 2. The third kappa shape index (κ3) is 5.94. The second-order valence-corrected chi connectivity index (χ2v) is 21.4. The molecule has 4 heteroatoms. The SMILES string of the molecule is CC1C=C([Si](C)(C)C)C=[C]1[Zr+2][c]1cc(C(C)(C)C)cc2c1Cc1ccc(C(C)(C)C)cc1-2.[Cl-].[Cl-]. The Morgan fingerprint density at radius 3 is 1.94 bits per heavy atom. The molecule has 2 aromatic carbocycles. The van der Waals surface area contributed by atoms with Crippen LogP contribution in [-0.2, 0) is 40.5 Å². The van der Waals surface area contributed by atoms with Crippen molar-refractivity contribution in [3.8, 4) is 11.1 Å². The number of fused-ring (bicyclic) bond motifs is 3. The summed E-state index contributed by atoms with van der Waals surface area (Å²) in [5.41, 5.74) is 9.49. The molecule has 2 aromatic rings. The van der Waals surface area contributed by atoms with Crippen LogP contribution in [0.15, 0.2) is 51.0 Å². The molecular weight excluding hydrogens is 551 g/mol. The van der Waals surface area contributed by atoms with Gasteiger partial charge in [0.05, 0.1) is 0 Å².